The molecule has 2 heterocycles. The maximum absolute atomic E-state index is 12.7. The summed E-state index contributed by atoms with van der Waals surface area (Å²) < 4.78 is 12.3. The monoisotopic (exact) mass is 423 g/mol. The van der Waals surface area contributed by atoms with Gasteiger partial charge in [-0.1, -0.05) is 18.2 Å². The molecule has 2 amide bonds. The van der Waals surface area contributed by atoms with Crippen molar-refractivity contribution in [3.63, 3.8) is 0 Å². The van der Waals surface area contributed by atoms with Gasteiger partial charge in [-0.2, -0.15) is 4.68 Å². The minimum atomic E-state index is -0.155. The van der Waals surface area contributed by atoms with Gasteiger partial charge in [-0.05, 0) is 34.7 Å². The number of nitrogens with zero attached hydrogens (tertiary/aromatic N) is 6. The van der Waals surface area contributed by atoms with Crippen LogP contribution in [0.3, 0.4) is 0 Å². The van der Waals surface area contributed by atoms with E-state index in [9.17, 15) is 4.79 Å². The molecule has 0 atom stereocenters. The summed E-state index contributed by atoms with van der Waals surface area (Å²) in [5.41, 5.74) is 1.53. The highest BCUT2D eigenvalue weighted by molar-refractivity contribution is 5.91. The maximum Gasteiger partial charge on any atom is 0.322 e. The molecule has 0 spiro atoms. The number of carbonyl (C=O) groups excluding carboxylic acids is 1. The molecular weight excluding hydrogens is 398 g/mol. The first-order valence-electron chi connectivity index (χ1n) is 10.0. The Balaban J connectivity index is 1.33. The Labute approximate surface area is 180 Å². The highest BCUT2D eigenvalue weighted by Crippen LogP contribution is 2.29. The summed E-state index contributed by atoms with van der Waals surface area (Å²) in [6.45, 7) is 3.29. The lowest BCUT2D eigenvalue weighted by Gasteiger charge is -2.34. The van der Waals surface area contributed by atoms with Gasteiger partial charge in [-0.25, -0.2) is 4.79 Å². The van der Waals surface area contributed by atoms with Crippen LogP contribution in [0.15, 0.2) is 48.5 Å². The number of nitrogens with one attached hydrogen (secondary N) is 1. The van der Waals surface area contributed by atoms with Gasteiger partial charge in [-0.3, -0.25) is 4.90 Å². The van der Waals surface area contributed by atoms with Crippen molar-refractivity contribution >= 4 is 11.7 Å². The Morgan fingerprint density at radius 1 is 1.03 bits per heavy atom. The maximum atomic E-state index is 12.7. The molecule has 1 aliphatic rings. The topological polar surface area (TPSA) is 97.6 Å². The van der Waals surface area contributed by atoms with Crippen molar-refractivity contribution < 1.29 is 14.3 Å². The molecule has 1 N–H and O–H groups in total. The predicted molar refractivity (Wildman–Crippen MR) is 115 cm³/mol. The van der Waals surface area contributed by atoms with Crippen molar-refractivity contribution in [2.45, 2.75) is 6.54 Å². The van der Waals surface area contributed by atoms with E-state index in [-0.39, 0.29) is 6.03 Å². The Morgan fingerprint density at radius 3 is 2.52 bits per heavy atom. The predicted octanol–water partition coefficient (Wildman–Crippen LogP) is 2.03. The summed E-state index contributed by atoms with van der Waals surface area (Å²) in [7, 11) is 3.15. The third-order valence-corrected chi connectivity index (χ3v) is 5.21. The van der Waals surface area contributed by atoms with Crippen LogP contribution in [0.25, 0.3) is 5.69 Å². The summed E-state index contributed by atoms with van der Waals surface area (Å²) in [5.74, 6) is 1.99. The van der Waals surface area contributed by atoms with E-state index in [1.807, 2.05) is 30.3 Å². The van der Waals surface area contributed by atoms with E-state index in [0.717, 1.165) is 24.6 Å². The standard InChI is InChI=1S/C21H25N7O3/c1-30-17-8-9-18(19(14-17)31-2)22-21(29)27-12-10-26(11-13-27)15-20-23-24-25-28(20)16-6-4-3-5-7-16/h3-9,14H,10-13,15H2,1-2H3,(H,22,29). The van der Waals surface area contributed by atoms with E-state index < -0.39 is 0 Å². The number of aromatic nitrogens is 4. The highest BCUT2D eigenvalue weighted by Gasteiger charge is 2.23. The largest absolute Gasteiger partial charge is 0.497 e. The fourth-order valence-corrected chi connectivity index (χ4v) is 3.48. The molecule has 10 nitrogen and oxygen atoms in total. The molecule has 162 valence electrons. The Morgan fingerprint density at radius 2 is 1.81 bits per heavy atom. The lowest BCUT2D eigenvalue weighted by Crippen LogP contribution is -2.49. The van der Waals surface area contributed by atoms with E-state index in [1.54, 1.807) is 42.0 Å². The lowest BCUT2D eigenvalue weighted by molar-refractivity contribution is 0.140. The molecule has 0 bridgehead atoms. The average Bonchev–Trinajstić information content (AvgIpc) is 3.28. The third kappa shape index (κ3) is 4.75. The van der Waals surface area contributed by atoms with Gasteiger partial charge in [0.25, 0.3) is 0 Å². The lowest BCUT2D eigenvalue weighted by atomic mass is 10.2. The zero-order valence-corrected chi connectivity index (χ0v) is 17.6. The second-order valence-corrected chi connectivity index (χ2v) is 7.10. The number of benzene rings is 2. The van der Waals surface area contributed by atoms with Crippen molar-refractivity contribution in [1.29, 1.82) is 0 Å². The fourth-order valence-electron chi connectivity index (χ4n) is 3.48. The number of tetrazole rings is 1. The zero-order chi connectivity index (χ0) is 21.6. The quantitative estimate of drug-likeness (QED) is 0.648. The first-order valence-corrected chi connectivity index (χ1v) is 10.0. The first kappa shape index (κ1) is 20.6. The first-order chi connectivity index (χ1) is 15.2. The number of piperazine rings is 1. The molecule has 4 rings (SSSR count). The number of carbonyl (C=O) groups is 1. The van der Waals surface area contributed by atoms with Crippen LogP contribution in [-0.2, 0) is 6.54 Å². The second-order valence-electron chi connectivity index (χ2n) is 7.10. The average molecular weight is 423 g/mol. The molecule has 0 saturated carbocycles. The normalized spacial score (nSPS) is 14.3. The molecular formula is C21H25N7O3. The SMILES string of the molecule is COc1ccc(NC(=O)N2CCN(Cc3nnnn3-c3ccccc3)CC2)c(OC)c1. The minimum Gasteiger partial charge on any atom is -0.497 e. The number of para-hydroxylation sites is 1. The van der Waals surface area contributed by atoms with Gasteiger partial charge < -0.3 is 19.7 Å². The van der Waals surface area contributed by atoms with Crippen molar-refractivity contribution in [2.75, 3.05) is 45.7 Å². The molecule has 1 fully saturated rings. The van der Waals surface area contributed by atoms with Crippen LogP contribution in [0, 0.1) is 0 Å². The smallest absolute Gasteiger partial charge is 0.322 e. The van der Waals surface area contributed by atoms with E-state index >= 15 is 0 Å². The molecule has 1 aliphatic heterocycles. The summed E-state index contributed by atoms with van der Waals surface area (Å²) in [6.07, 6.45) is 0. The van der Waals surface area contributed by atoms with E-state index in [1.165, 1.54) is 0 Å². The third-order valence-electron chi connectivity index (χ3n) is 5.21. The molecule has 1 aromatic heterocycles. The Hall–Kier alpha value is -3.66. The van der Waals surface area contributed by atoms with Crippen LogP contribution in [0.1, 0.15) is 5.82 Å². The van der Waals surface area contributed by atoms with Gasteiger partial charge in [0.1, 0.15) is 11.5 Å². The fraction of sp³-hybridized carbons (Fsp3) is 0.333. The molecule has 2 aromatic carbocycles. The number of hydrogen-bond acceptors (Lipinski definition) is 7. The van der Waals surface area contributed by atoms with E-state index in [4.69, 9.17) is 9.47 Å². The highest BCUT2D eigenvalue weighted by atomic mass is 16.5. The van der Waals surface area contributed by atoms with Gasteiger partial charge in [0.15, 0.2) is 5.82 Å². The van der Waals surface area contributed by atoms with Crippen molar-refractivity contribution in [3.05, 3.63) is 54.4 Å². The molecule has 0 aliphatic carbocycles. The molecule has 3 aromatic rings. The van der Waals surface area contributed by atoms with E-state index in [2.05, 4.69) is 25.7 Å². The van der Waals surface area contributed by atoms with Crippen LogP contribution >= 0.6 is 0 Å². The number of hydrogen-bond donors (Lipinski definition) is 1. The van der Waals surface area contributed by atoms with Gasteiger partial charge in [0.05, 0.1) is 32.1 Å². The van der Waals surface area contributed by atoms with Gasteiger partial charge in [-0.15, -0.1) is 5.10 Å². The van der Waals surface area contributed by atoms with Crippen LogP contribution < -0.4 is 14.8 Å². The molecule has 0 radical (unpaired) electrons. The molecule has 1 saturated heterocycles. The van der Waals surface area contributed by atoms with Gasteiger partial charge in [0.2, 0.25) is 0 Å². The van der Waals surface area contributed by atoms with Gasteiger partial charge in [0, 0.05) is 32.2 Å². The number of amides is 2. The summed E-state index contributed by atoms with van der Waals surface area (Å²) in [4.78, 5) is 16.8. The number of ether oxygens (including phenoxy) is 2. The Bertz CT molecular complexity index is 1020. The number of urea groups is 1. The molecule has 10 heteroatoms. The van der Waals surface area contributed by atoms with Crippen LogP contribution in [-0.4, -0.2) is 76.4 Å². The summed E-state index contributed by atoms with van der Waals surface area (Å²) in [5, 5.41) is 15.0. The zero-order valence-electron chi connectivity index (χ0n) is 17.6. The summed E-state index contributed by atoms with van der Waals surface area (Å²) >= 11 is 0. The molecule has 0 unspecified atom stereocenters. The number of rotatable bonds is 6. The van der Waals surface area contributed by atoms with Crippen molar-refractivity contribution in [1.82, 2.24) is 30.0 Å². The van der Waals surface area contributed by atoms with Crippen LogP contribution in [0.5, 0.6) is 11.5 Å². The minimum absolute atomic E-state index is 0.155. The summed E-state index contributed by atoms with van der Waals surface area (Å²) in [6, 6.07) is 14.9. The van der Waals surface area contributed by atoms with Crippen LogP contribution in [0.4, 0.5) is 10.5 Å². The van der Waals surface area contributed by atoms with E-state index in [0.29, 0.717) is 36.8 Å². The molecule has 31 heavy (non-hydrogen) atoms. The van der Waals surface area contributed by atoms with Crippen molar-refractivity contribution in [3.8, 4) is 17.2 Å². The van der Waals surface area contributed by atoms with Crippen LogP contribution in [0.2, 0.25) is 0 Å². The Kier molecular flexibility index (Phi) is 6.27. The number of methoxy groups -OCH3 is 2. The van der Waals surface area contributed by atoms with Crippen molar-refractivity contribution in [2.24, 2.45) is 0 Å². The number of anilines is 1. The van der Waals surface area contributed by atoms with Gasteiger partial charge >= 0.3 is 6.03 Å². The second kappa shape index (κ2) is 9.43.